The van der Waals surface area contributed by atoms with E-state index in [0.717, 1.165) is 5.56 Å². The van der Waals surface area contributed by atoms with Crippen molar-refractivity contribution in [3.8, 4) is 6.07 Å². The first-order valence-electron chi connectivity index (χ1n) is 5.14. The van der Waals surface area contributed by atoms with Crippen molar-refractivity contribution in [3.63, 3.8) is 0 Å². The summed E-state index contributed by atoms with van der Waals surface area (Å²) in [5, 5.41) is 19.5. The highest BCUT2D eigenvalue weighted by atomic mass is 16.6. The van der Waals surface area contributed by atoms with Gasteiger partial charge in [-0.1, -0.05) is 30.3 Å². The van der Waals surface area contributed by atoms with Gasteiger partial charge >= 0.3 is 0 Å². The first-order valence-corrected chi connectivity index (χ1v) is 5.14. The van der Waals surface area contributed by atoms with Crippen molar-refractivity contribution >= 4 is 0 Å². The van der Waals surface area contributed by atoms with E-state index < -0.39 is 5.54 Å². The van der Waals surface area contributed by atoms with Crippen molar-refractivity contribution in [1.82, 2.24) is 0 Å². The van der Waals surface area contributed by atoms with Gasteiger partial charge in [0.05, 0.1) is 6.07 Å². The molecular formula is C12H14N2O2. The van der Waals surface area contributed by atoms with Crippen LogP contribution in [-0.2, 0) is 6.42 Å². The molecule has 0 bridgehead atoms. The van der Waals surface area contributed by atoms with Crippen LogP contribution in [0.15, 0.2) is 30.3 Å². The molecule has 0 aliphatic carbocycles. The molecule has 1 aromatic carbocycles. The zero-order chi connectivity index (χ0) is 12.0. The monoisotopic (exact) mass is 218 g/mol. The molecule has 0 aliphatic heterocycles. The lowest BCUT2D eigenvalue weighted by Crippen LogP contribution is -2.37. The number of hydrogen-bond donors (Lipinski definition) is 0. The van der Waals surface area contributed by atoms with Crippen LogP contribution in [-0.4, -0.2) is 10.5 Å². The van der Waals surface area contributed by atoms with Crippen LogP contribution >= 0.6 is 0 Å². The molecule has 0 radical (unpaired) electrons. The smallest absolute Gasteiger partial charge is 0.224 e. The van der Waals surface area contributed by atoms with Crippen molar-refractivity contribution in [2.24, 2.45) is 0 Å². The molecule has 0 aliphatic rings. The predicted molar refractivity (Wildman–Crippen MR) is 60.4 cm³/mol. The van der Waals surface area contributed by atoms with Crippen LogP contribution in [0.25, 0.3) is 0 Å². The molecule has 1 unspecified atom stereocenters. The summed E-state index contributed by atoms with van der Waals surface area (Å²) in [5.74, 6) is 0. The van der Waals surface area contributed by atoms with E-state index in [0.29, 0.717) is 6.42 Å². The summed E-state index contributed by atoms with van der Waals surface area (Å²) in [5.41, 5.74) is -0.114. The van der Waals surface area contributed by atoms with Crippen LogP contribution in [0.1, 0.15) is 25.3 Å². The largest absolute Gasteiger partial charge is 0.264 e. The first-order chi connectivity index (χ1) is 7.58. The molecule has 4 nitrogen and oxygen atoms in total. The van der Waals surface area contributed by atoms with Crippen molar-refractivity contribution in [2.75, 3.05) is 0 Å². The summed E-state index contributed by atoms with van der Waals surface area (Å²) in [7, 11) is 0. The number of benzene rings is 1. The third-order valence-electron chi connectivity index (χ3n) is 2.64. The van der Waals surface area contributed by atoms with Gasteiger partial charge in [-0.25, -0.2) is 0 Å². The summed E-state index contributed by atoms with van der Waals surface area (Å²) >= 11 is 0. The highest BCUT2D eigenvalue weighted by molar-refractivity contribution is 5.16. The van der Waals surface area contributed by atoms with Gasteiger partial charge < -0.3 is 0 Å². The molecule has 0 saturated carbocycles. The van der Waals surface area contributed by atoms with Gasteiger partial charge in [0.25, 0.3) is 0 Å². The van der Waals surface area contributed by atoms with Crippen LogP contribution in [0, 0.1) is 21.4 Å². The zero-order valence-electron chi connectivity index (χ0n) is 9.22. The van der Waals surface area contributed by atoms with Gasteiger partial charge in [0.2, 0.25) is 5.54 Å². The highest BCUT2D eigenvalue weighted by Gasteiger charge is 2.36. The molecule has 0 saturated heterocycles. The standard InChI is InChI=1S/C12H14N2O2/c1-12(14(15)16,8-5-9-13)10-11-6-3-2-4-7-11/h2-4,6-7H,5,8,10H2,1H3. The second kappa shape index (κ2) is 5.26. The number of hydrogen-bond acceptors (Lipinski definition) is 3. The fraction of sp³-hybridized carbons (Fsp3) is 0.417. The summed E-state index contributed by atoms with van der Waals surface area (Å²) in [6, 6.07) is 11.3. The minimum atomic E-state index is -1.04. The number of rotatable bonds is 5. The van der Waals surface area contributed by atoms with Crippen LogP contribution in [0.5, 0.6) is 0 Å². The van der Waals surface area contributed by atoms with Crippen molar-refractivity contribution < 1.29 is 4.92 Å². The Morgan fingerprint density at radius 3 is 2.56 bits per heavy atom. The Balaban J connectivity index is 2.80. The number of nitro groups is 1. The minimum absolute atomic E-state index is 0.213. The molecule has 84 valence electrons. The first kappa shape index (κ1) is 12.2. The predicted octanol–water partition coefficient (Wildman–Crippen LogP) is 2.57. The molecular weight excluding hydrogens is 204 g/mol. The average molecular weight is 218 g/mol. The fourth-order valence-corrected chi connectivity index (χ4v) is 1.61. The van der Waals surface area contributed by atoms with Crippen LogP contribution in [0.3, 0.4) is 0 Å². The molecule has 0 amide bonds. The zero-order valence-corrected chi connectivity index (χ0v) is 9.22. The third kappa shape index (κ3) is 3.06. The Bertz CT molecular complexity index is 397. The van der Waals surface area contributed by atoms with Gasteiger partial charge in [-0.2, -0.15) is 5.26 Å². The SMILES string of the molecule is CC(CCC#N)(Cc1ccccc1)[N+](=O)[O-]. The van der Waals surface area contributed by atoms with E-state index in [2.05, 4.69) is 0 Å². The highest BCUT2D eigenvalue weighted by Crippen LogP contribution is 2.22. The van der Waals surface area contributed by atoms with E-state index >= 15 is 0 Å². The van der Waals surface area contributed by atoms with Gasteiger partial charge in [-0.05, 0) is 5.56 Å². The van der Waals surface area contributed by atoms with E-state index in [4.69, 9.17) is 5.26 Å². The summed E-state index contributed by atoms with van der Waals surface area (Å²) < 4.78 is 0. The molecule has 0 aromatic heterocycles. The minimum Gasteiger partial charge on any atom is -0.264 e. The van der Waals surface area contributed by atoms with Crippen LogP contribution < -0.4 is 0 Å². The van der Waals surface area contributed by atoms with Gasteiger partial charge in [0.15, 0.2) is 0 Å². The lowest BCUT2D eigenvalue weighted by Gasteiger charge is -2.19. The summed E-state index contributed by atoms with van der Waals surface area (Å²) in [4.78, 5) is 10.7. The summed E-state index contributed by atoms with van der Waals surface area (Å²) in [6.07, 6.45) is 0.859. The van der Waals surface area contributed by atoms with Crippen molar-refractivity contribution in [3.05, 3.63) is 46.0 Å². The molecule has 16 heavy (non-hydrogen) atoms. The lowest BCUT2D eigenvalue weighted by molar-refractivity contribution is -0.566. The maximum atomic E-state index is 11.0. The molecule has 0 heterocycles. The van der Waals surface area contributed by atoms with E-state index in [1.54, 1.807) is 6.92 Å². The molecule has 1 rings (SSSR count). The van der Waals surface area contributed by atoms with Crippen molar-refractivity contribution in [2.45, 2.75) is 31.7 Å². The van der Waals surface area contributed by atoms with Crippen molar-refractivity contribution in [1.29, 1.82) is 5.26 Å². The maximum absolute atomic E-state index is 11.0. The molecule has 0 N–H and O–H groups in total. The molecule has 4 heteroatoms. The summed E-state index contributed by atoms with van der Waals surface area (Å²) in [6.45, 7) is 1.59. The second-order valence-corrected chi connectivity index (χ2v) is 4.07. The molecule has 1 atom stereocenters. The maximum Gasteiger partial charge on any atom is 0.224 e. The van der Waals surface area contributed by atoms with E-state index in [-0.39, 0.29) is 17.8 Å². The lowest BCUT2D eigenvalue weighted by atomic mass is 9.89. The average Bonchev–Trinajstić information content (AvgIpc) is 2.27. The molecule has 1 aromatic rings. The van der Waals surface area contributed by atoms with E-state index in [9.17, 15) is 10.1 Å². The number of nitriles is 1. The van der Waals surface area contributed by atoms with Crippen LogP contribution in [0.2, 0.25) is 0 Å². The topological polar surface area (TPSA) is 66.9 Å². The number of nitrogens with zero attached hydrogens (tertiary/aromatic N) is 2. The molecule has 0 spiro atoms. The van der Waals surface area contributed by atoms with Gasteiger partial charge in [-0.15, -0.1) is 0 Å². The Kier molecular flexibility index (Phi) is 4.01. The fourth-order valence-electron chi connectivity index (χ4n) is 1.61. The van der Waals surface area contributed by atoms with Gasteiger partial charge in [0.1, 0.15) is 0 Å². The van der Waals surface area contributed by atoms with Gasteiger partial charge in [0, 0.05) is 31.1 Å². The Hall–Kier alpha value is -1.89. The Morgan fingerprint density at radius 1 is 1.44 bits per heavy atom. The normalized spacial score (nSPS) is 13.8. The van der Waals surface area contributed by atoms with E-state index in [1.165, 1.54) is 0 Å². The molecule has 0 fully saturated rings. The Labute approximate surface area is 94.7 Å². The van der Waals surface area contributed by atoms with Crippen LogP contribution in [0.4, 0.5) is 0 Å². The van der Waals surface area contributed by atoms with Gasteiger partial charge in [-0.3, -0.25) is 10.1 Å². The van der Waals surface area contributed by atoms with E-state index in [1.807, 2.05) is 36.4 Å². The quantitative estimate of drug-likeness (QED) is 0.563. The third-order valence-corrected chi connectivity index (χ3v) is 2.64. The second-order valence-electron chi connectivity index (χ2n) is 4.07. The Morgan fingerprint density at radius 2 is 2.06 bits per heavy atom.